The average Bonchev–Trinajstić information content (AvgIpc) is 2.09. The smallest absolute Gasteiger partial charge is 0.161 e. The first kappa shape index (κ1) is 10.5. The Morgan fingerprint density at radius 3 is 2.69 bits per heavy atom. The lowest BCUT2D eigenvalue weighted by Crippen LogP contribution is -1.99. The Balaban J connectivity index is 3.50. The van der Waals surface area contributed by atoms with E-state index < -0.39 is 0 Å². The molecule has 66 valence electrons. The molecule has 0 N–H and O–H groups in total. The van der Waals surface area contributed by atoms with E-state index in [0.717, 1.165) is 0 Å². The lowest BCUT2D eigenvalue weighted by Gasteiger charge is -2.02. The summed E-state index contributed by atoms with van der Waals surface area (Å²) < 4.78 is 0.634. The maximum absolute atomic E-state index is 11.1. The van der Waals surface area contributed by atoms with Gasteiger partial charge in [-0.25, -0.2) is 0 Å². The van der Waals surface area contributed by atoms with E-state index in [1.54, 1.807) is 12.1 Å². The number of nitriles is 1. The Morgan fingerprint density at radius 1 is 1.62 bits per heavy atom. The van der Waals surface area contributed by atoms with Crippen molar-refractivity contribution < 1.29 is 4.79 Å². The molecule has 0 unspecified atom stereocenters. The lowest BCUT2D eigenvalue weighted by atomic mass is 10.1. The highest BCUT2D eigenvalue weighted by atomic mass is 127. The standard InChI is InChI=1S/C9H5ClINO/c1-5(13)6-2-3-8(10)9(11)7(6)4-12/h2-3H,1H3. The molecule has 2 nitrogen and oxygen atoms in total. The monoisotopic (exact) mass is 305 g/mol. The molecule has 0 aliphatic heterocycles. The summed E-state index contributed by atoms with van der Waals surface area (Å²) >= 11 is 7.76. The predicted octanol–water partition coefficient (Wildman–Crippen LogP) is 3.02. The van der Waals surface area contributed by atoms with Gasteiger partial charge >= 0.3 is 0 Å². The Hall–Kier alpha value is -0.600. The van der Waals surface area contributed by atoms with Gasteiger partial charge in [0, 0.05) is 5.56 Å². The number of rotatable bonds is 1. The van der Waals surface area contributed by atoms with Crippen molar-refractivity contribution in [3.05, 3.63) is 31.9 Å². The third-order valence-corrected chi connectivity index (χ3v) is 3.34. The van der Waals surface area contributed by atoms with Crippen LogP contribution in [0.15, 0.2) is 12.1 Å². The summed E-state index contributed by atoms with van der Waals surface area (Å²) in [5.41, 5.74) is 0.789. The zero-order valence-corrected chi connectivity index (χ0v) is 9.68. The largest absolute Gasteiger partial charge is 0.294 e. The number of halogens is 2. The number of benzene rings is 1. The Labute approximate surface area is 94.6 Å². The highest BCUT2D eigenvalue weighted by Gasteiger charge is 2.12. The van der Waals surface area contributed by atoms with Crippen LogP contribution in [-0.4, -0.2) is 5.78 Å². The minimum absolute atomic E-state index is 0.119. The van der Waals surface area contributed by atoms with Crippen molar-refractivity contribution in [1.82, 2.24) is 0 Å². The SMILES string of the molecule is CC(=O)c1ccc(Cl)c(I)c1C#N. The van der Waals surface area contributed by atoms with E-state index >= 15 is 0 Å². The van der Waals surface area contributed by atoms with E-state index in [1.165, 1.54) is 6.92 Å². The summed E-state index contributed by atoms with van der Waals surface area (Å²) in [6.45, 7) is 1.43. The Morgan fingerprint density at radius 2 is 2.23 bits per heavy atom. The van der Waals surface area contributed by atoms with E-state index in [2.05, 4.69) is 0 Å². The molecule has 1 rings (SSSR count). The molecular weight excluding hydrogens is 300 g/mol. The zero-order valence-electron chi connectivity index (χ0n) is 6.77. The van der Waals surface area contributed by atoms with Gasteiger partial charge in [0.25, 0.3) is 0 Å². The summed E-state index contributed by atoms with van der Waals surface area (Å²) in [4.78, 5) is 11.1. The first-order valence-electron chi connectivity index (χ1n) is 3.47. The summed E-state index contributed by atoms with van der Waals surface area (Å²) in [5, 5.41) is 9.31. The van der Waals surface area contributed by atoms with Gasteiger partial charge in [-0.2, -0.15) is 5.26 Å². The van der Waals surface area contributed by atoms with Crippen molar-refractivity contribution >= 4 is 40.0 Å². The summed E-state index contributed by atoms with van der Waals surface area (Å²) in [6, 6.07) is 5.17. The van der Waals surface area contributed by atoms with Crippen LogP contribution < -0.4 is 0 Å². The van der Waals surface area contributed by atoms with Gasteiger partial charge in [-0.15, -0.1) is 0 Å². The van der Waals surface area contributed by atoms with Gasteiger partial charge in [-0.3, -0.25) is 4.79 Å². The lowest BCUT2D eigenvalue weighted by molar-refractivity contribution is 0.101. The highest BCUT2D eigenvalue weighted by molar-refractivity contribution is 14.1. The Kier molecular flexibility index (Phi) is 3.28. The molecule has 0 heterocycles. The van der Waals surface area contributed by atoms with E-state index in [4.69, 9.17) is 16.9 Å². The van der Waals surface area contributed by atoms with Crippen molar-refractivity contribution in [2.45, 2.75) is 6.92 Å². The molecule has 0 amide bonds. The van der Waals surface area contributed by atoms with E-state index in [9.17, 15) is 4.79 Å². The van der Waals surface area contributed by atoms with Crippen LogP contribution in [0.2, 0.25) is 5.02 Å². The molecule has 0 aliphatic carbocycles. The van der Waals surface area contributed by atoms with Crippen molar-refractivity contribution in [1.29, 1.82) is 5.26 Å². The third-order valence-electron chi connectivity index (χ3n) is 1.59. The number of carbonyl (C=O) groups is 1. The highest BCUT2D eigenvalue weighted by Crippen LogP contribution is 2.24. The van der Waals surface area contributed by atoms with Crippen molar-refractivity contribution in [3.63, 3.8) is 0 Å². The van der Waals surface area contributed by atoms with E-state index in [0.29, 0.717) is 19.7 Å². The molecule has 0 bridgehead atoms. The van der Waals surface area contributed by atoms with Crippen LogP contribution in [0, 0.1) is 14.9 Å². The molecule has 0 fully saturated rings. The molecule has 0 atom stereocenters. The second kappa shape index (κ2) is 4.07. The van der Waals surface area contributed by atoms with Crippen LogP contribution in [0.4, 0.5) is 0 Å². The van der Waals surface area contributed by atoms with Crippen LogP contribution in [0.25, 0.3) is 0 Å². The number of carbonyl (C=O) groups excluding carboxylic acids is 1. The minimum atomic E-state index is -0.119. The van der Waals surface area contributed by atoms with Gasteiger partial charge in [0.1, 0.15) is 6.07 Å². The van der Waals surface area contributed by atoms with Crippen molar-refractivity contribution in [2.24, 2.45) is 0 Å². The van der Waals surface area contributed by atoms with Gasteiger partial charge in [0.15, 0.2) is 5.78 Å². The van der Waals surface area contributed by atoms with Gasteiger partial charge in [0.05, 0.1) is 14.2 Å². The quantitative estimate of drug-likeness (QED) is 0.591. The van der Waals surface area contributed by atoms with Crippen LogP contribution in [0.3, 0.4) is 0 Å². The van der Waals surface area contributed by atoms with E-state index in [1.807, 2.05) is 28.7 Å². The molecule has 1 aromatic carbocycles. The molecule has 4 heteroatoms. The van der Waals surface area contributed by atoms with Crippen LogP contribution in [-0.2, 0) is 0 Å². The van der Waals surface area contributed by atoms with Crippen LogP contribution in [0.1, 0.15) is 22.8 Å². The molecule has 0 radical (unpaired) electrons. The molecule has 0 saturated heterocycles. The molecule has 1 aromatic rings. The van der Waals surface area contributed by atoms with Crippen molar-refractivity contribution in [3.8, 4) is 6.07 Å². The van der Waals surface area contributed by atoms with Crippen LogP contribution >= 0.6 is 34.2 Å². The van der Waals surface area contributed by atoms with Gasteiger partial charge in [-0.1, -0.05) is 11.6 Å². The molecule has 0 spiro atoms. The van der Waals surface area contributed by atoms with Gasteiger partial charge in [-0.05, 0) is 41.6 Å². The van der Waals surface area contributed by atoms with Gasteiger partial charge in [0.2, 0.25) is 0 Å². The number of hydrogen-bond donors (Lipinski definition) is 0. The predicted molar refractivity (Wildman–Crippen MR) is 58.9 cm³/mol. The number of hydrogen-bond acceptors (Lipinski definition) is 2. The van der Waals surface area contributed by atoms with Gasteiger partial charge < -0.3 is 0 Å². The first-order valence-corrected chi connectivity index (χ1v) is 4.92. The molecule has 0 aliphatic rings. The summed E-state index contributed by atoms with van der Waals surface area (Å²) in [6.07, 6.45) is 0. The molecule has 0 saturated carbocycles. The van der Waals surface area contributed by atoms with Crippen molar-refractivity contribution in [2.75, 3.05) is 0 Å². The summed E-state index contributed by atoms with van der Waals surface area (Å²) in [5.74, 6) is -0.119. The number of ketones is 1. The second-order valence-electron chi connectivity index (χ2n) is 2.45. The Bertz CT molecular complexity index is 409. The average molecular weight is 306 g/mol. The summed E-state index contributed by atoms with van der Waals surface area (Å²) in [7, 11) is 0. The third kappa shape index (κ3) is 2.01. The zero-order chi connectivity index (χ0) is 10.0. The number of nitrogens with zero attached hydrogens (tertiary/aromatic N) is 1. The fourth-order valence-electron chi connectivity index (χ4n) is 0.953. The second-order valence-corrected chi connectivity index (χ2v) is 3.94. The topological polar surface area (TPSA) is 40.9 Å². The van der Waals surface area contributed by atoms with E-state index in [-0.39, 0.29) is 5.78 Å². The normalized spacial score (nSPS) is 9.38. The maximum atomic E-state index is 11.1. The molecule has 0 aromatic heterocycles. The fraction of sp³-hybridized carbons (Fsp3) is 0.111. The molecular formula is C9H5ClINO. The fourth-order valence-corrected chi connectivity index (χ4v) is 1.70. The minimum Gasteiger partial charge on any atom is -0.294 e. The first-order chi connectivity index (χ1) is 6.07. The molecule has 13 heavy (non-hydrogen) atoms. The maximum Gasteiger partial charge on any atom is 0.161 e. The number of Topliss-reactive ketones (excluding diaryl/α,β-unsaturated/α-hetero) is 1. The van der Waals surface area contributed by atoms with Crippen LogP contribution in [0.5, 0.6) is 0 Å².